The van der Waals surface area contributed by atoms with Crippen LogP contribution in [0.3, 0.4) is 0 Å². The van der Waals surface area contributed by atoms with E-state index < -0.39 is 0 Å². The van der Waals surface area contributed by atoms with Gasteiger partial charge in [-0.25, -0.2) is 9.97 Å². The highest BCUT2D eigenvalue weighted by Gasteiger charge is 2.12. The molecule has 0 aliphatic rings. The monoisotopic (exact) mass is 488 g/mol. The van der Waals surface area contributed by atoms with Gasteiger partial charge >= 0.3 is 0 Å². The van der Waals surface area contributed by atoms with E-state index in [0.717, 1.165) is 33.9 Å². The quantitative estimate of drug-likeness (QED) is 0.241. The van der Waals surface area contributed by atoms with Crippen LogP contribution in [0.15, 0.2) is 133 Å². The Morgan fingerprint density at radius 2 is 0.763 bits per heavy atom. The molecule has 2 nitrogen and oxygen atoms in total. The van der Waals surface area contributed by atoms with Crippen molar-refractivity contribution in [3.8, 4) is 56.2 Å². The molecule has 1 heterocycles. The Labute approximate surface area is 224 Å². The molecule has 0 atom stereocenters. The zero-order valence-electron chi connectivity index (χ0n) is 21.6. The summed E-state index contributed by atoms with van der Waals surface area (Å²) in [6.07, 6.45) is 0. The fraction of sp³-hybridized carbons (Fsp3) is 0.0556. The lowest BCUT2D eigenvalue weighted by Gasteiger charge is -2.12. The van der Waals surface area contributed by atoms with E-state index in [2.05, 4.69) is 129 Å². The minimum atomic E-state index is 0.722. The third kappa shape index (κ3) is 5.02. The average Bonchev–Trinajstić information content (AvgIpc) is 2.98. The van der Waals surface area contributed by atoms with Crippen LogP contribution in [0.2, 0.25) is 0 Å². The molecule has 0 saturated heterocycles. The first-order chi connectivity index (χ1) is 18.6. The Balaban J connectivity index is 1.48. The van der Waals surface area contributed by atoms with Gasteiger partial charge in [-0.1, -0.05) is 126 Å². The van der Waals surface area contributed by atoms with Crippen LogP contribution in [-0.4, -0.2) is 9.97 Å². The van der Waals surface area contributed by atoms with E-state index in [9.17, 15) is 0 Å². The van der Waals surface area contributed by atoms with Crippen molar-refractivity contribution >= 4 is 0 Å². The molecule has 6 aromatic rings. The van der Waals surface area contributed by atoms with Crippen LogP contribution in [0.25, 0.3) is 56.2 Å². The fourth-order valence-corrected chi connectivity index (χ4v) is 4.67. The number of aryl methyl sites for hydroxylation is 2. The van der Waals surface area contributed by atoms with E-state index in [1.165, 1.54) is 33.4 Å². The topological polar surface area (TPSA) is 25.8 Å². The number of hydrogen-bond acceptors (Lipinski definition) is 2. The predicted molar refractivity (Wildman–Crippen MR) is 159 cm³/mol. The van der Waals surface area contributed by atoms with E-state index in [0.29, 0.717) is 0 Å². The molecule has 0 fully saturated rings. The summed E-state index contributed by atoms with van der Waals surface area (Å²) in [4.78, 5) is 10.1. The summed E-state index contributed by atoms with van der Waals surface area (Å²) in [6, 6.07) is 46.8. The van der Waals surface area contributed by atoms with Crippen LogP contribution in [-0.2, 0) is 0 Å². The number of aromatic nitrogens is 2. The molecule has 0 aliphatic carbocycles. The van der Waals surface area contributed by atoms with Crippen molar-refractivity contribution in [3.05, 3.63) is 145 Å². The molecule has 5 aromatic carbocycles. The molecule has 0 saturated carbocycles. The van der Waals surface area contributed by atoms with Crippen LogP contribution in [0.1, 0.15) is 11.1 Å². The van der Waals surface area contributed by atoms with Crippen molar-refractivity contribution in [3.63, 3.8) is 0 Å². The summed E-state index contributed by atoms with van der Waals surface area (Å²) in [5.74, 6) is 0.722. The van der Waals surface area contributed by atoms with E-state index in [4.69, 9.17) is 9.97 Å². The zero-order chi connectivity index (χ0) is 25.9. The van der Waals surface area contributed by atoms with Gasteiger partial charge in [0, 0.05) is 16.7 Å². The summed E-state index contributed by atoms with van der Waals surface area (Å²) >= 11 is 0. The Kier molecular flexibility index (Phi) is 6.37. The second-order valence-electron chi connectivity index (χ2n) is 9.72. The Bertz CT molecular complexity index is 1590. The molecule has 0 N–H and O–H groups in total. The average molecular weight is 489 g/mol. The van der Waals surface area contributed by atoms with Crippen LogP contribution in [0.5, 0.6) is 0 Å². The zero-order valence-corrected chi connectivity index (χ0v) is 21.6. The minimum Gasteiger partial charge on any atom is -0.228 e. The maximum atomic E-state index is 5.03. The molecule has 1 aromatic heterocycles. The van der Waals surface area contributed by atoms with Gasteiger partial charge in [0.15, 0.2) is 5.82 Å². The Morgan fingerprint density at radius 1 is 0.342 bits per heavy atom. The predicted octanol–water partition coefficient (Wildman–Crippen LogP) is 9.43. The summed E-state index contributed by atoms with van der Waals surface area (Å²) in [7, 11) is 0. The van der Waals surface area contributed by atoms with E-state index in [-0.39, 0.29) is 0 Å². The number of rotatable bonds is 5. The van der Waals surface area contributed by atoms with Crippen LogP contribution >= 0.6 is 0 Å². The van der Waals surface area contributed by atoms with E-state index in [1.54, 1.807) is 0 Å². The van der Waals surface area contributed by atoms with E-state index >= 15 is 0 Å². The number of benzene rings is 5. The van der Waals surface area contributed by atoms with Crippen molar-refractivity contribution in [2.75, 3.05) is 0 Å². The van der Waals surface area contributed by atoms with Crippen molar-refractivity contribution in [1.82, 2.24) is 9.97 Å². The van der Waals surface area contributed by atoms with Crippen LogP contribution in [0.4, 0.5) is 0 Å². The molecule has 0 radical (unpaired) electrons. The van der Waals surface area contributed by atoms with Gasteiger partial charge in [0.25, 0.3) is 0 Å². The first kappa shape index (κ1) is 23.6. The standard InChI is InChI=1S/C36H28N2/c1-25-14-18-27(19-15-25)30-10-6-12-32(22-30)34-24-35(38-36(37-34)29-8-4-3-5-9-29)33-13-7-11-31(23-33)28-20-16-26(2)17-21-28/h3-24H,1-2H3. The smallest absolute Gasteiger partial charge is 0.160 e. The third-order valence-electron chi connectivity index (χ3n) is 6.84. The first-order valence-electron chi connectivity index (χ1n) is 12.9. The molecule has 2 heteroatoms. The summed E-state index contributed by atoms with van der Waals surface area (Å²) < 4.78 is 0. The molecule has 0 spiro atoms. The van der Waals surface area contributed by atoms with Gasteiger partial charge in [0.1, 0.15) is 0 Å². The SMILES string of the molecule is Cc1ccc(-c2cccc(-c3cc(-c4cccc(-c5ccc(C)cc5)c4)nc(-c4ccccc4)n3)c2)cc1. The molecular formula is C36H28N2. The minimum absolute atomic E-state index is 0.722. The highest BCUT2D eigenvalue weighted by molar-refractivity contribution is 5.77. The van der Waals surface area contributed by atoms with Crippen LogP contribution in [0, 0.1) is 13.8 Å². The van der Waals surface area contributed by atoms with Crippen molar-refractivity contribution in [2.45, 2.75) is 13.8 Å². The Hall–Kier alpha value is -4.82. The van der Waals surface area contributed by atoms with Gasteiger partial charge in [-0.15, -0.1) is 0 Å². The molecule has 38 heavy (non-hydrogen) atoms. The highest BCUT2D eigenvalue weighted by atomic mass is 14.9. The molecule has 0 unspecified atom stereocenters. The fourth-order valence-electron chi connectivity index (χ4n) is 4.67. The molecule has 0 amide bonds. The molecule has 6 rings (SSSR count). The third-order valence-corrected chi connectivity index (χ3v) is 6.84. The number of hydrogen-bond donors (Lipinski definition) is 0. The molecule has 0 bridgehead atoms. The van der Waals surface area contributed by atoms with E-state index in [1.807, 2.05) is 18.2 Å². The lowest BCUT2D eigenvalue weighted by molar-refractivity contribution is 1.18. The first-order valence-corrected chi connectivity index (χ1v) is 12.9. The molecule has 182 valence electrons. The van der Waals surface area contributed by atoms with Gasteiger partial charge in [-0.05, 0) is 54.3 Å². The summed E-state index contributed by atoms with van der Waals surface area (Å²) in [5.41, 5.74) is 12.2. The Morgan fingerprint density at radius 3 is 1.24 bits per heavy atom. The van der Waals surface area contributed by atoms with Gasteiger partial charge in [0.2, 0.25) is 0 Å². The van der Waals surface area contributed by atoms with Gasteiger partial charge < -0.3 is 0 Å². The molecule has 0 aliphatic heterocycles. The number of nitrogens with zero attached hydrogens (tertiary/aromatic N) is 2. The van der Waals surface area contributed by atoms with Gasteiger partial charge in [-0.3, -0.25) is 0 Å². The van der Waals surface area contributed by atoms with Crippen molar-refractivity contribution < 1.29 is 0 Å². The lowest BCUT2D eigenvalue weighted by Crippen LogP contribution is -1.96. The second kappa shape index (κ2) is 10.3. The van der Waals surface area contributed by atoms with Gasteiger partial charge in [0.05, 0.1) is 11.4 Å². The van der Waals surface area contributed by atoms with Crippen molar-refractivity contribution in [2.24, 2.45) is 0 Å². The largest absolute Gasteiger partial charge is 0.228 e. The van der Waals surface area contributed by atoms with Crippen LogP contribution < -0.4 is 0 Å². The normalized spacial score (nSPS) is 10.9. The highest BCUT2D eigenvalue weighted by Crippen LogP contribution is 2.32. The molecular weight excluding hydrogens is 460 g/mol. The maximum absolute atomic E-state index is 5.03. The summed E-state index contributed by atoms with van der Waals surface area (Å²) in [6.45, 7) is 4.23. The lowest BCUT2D eigenvalue weighted by atomic mass is 9.98. The summed E-state index contributed by atoms with van der Waals surface area (Å²) in [5, 5.41) is 0. The maximum Gasteiger partial charge on any atom is 0.160 e. The van der Waals surface area contributed by atoms with Gasteiger partial charge in [-0.2, -0.15) is 0 Å². The second-order valence-corrected chi connectivity index (χ2v) is 9.72. The van der Waals surface area contributed by atoms with Crippen molar-refractivity contribution in [1.29, 1.82) is 0 Å².